The summed E-state index contributed by atoms with van der Waals surface area (Å²) in [5.74, 6) is 0.968. The molecule has 1 unspecified atom stereocenters. The first-order chi connectivity index (χ1) is 6.46. The fourth-order valence-corrected chi connectivity index (χ4v) is 1.34. The van der Waals surface area contributed by atoms with Crippen molar-refractivity contribution in [3.8, 4) is 0 Å². The third-order valence-electron chi connectivity index (χ3n) is 2.67. The molecule has 0 fully saturated rings. The molecule has 1 heterocycles. The van der Waals surface area contributed by atoms with E-state index in [9.17, 15) is 0 Å². The molecule has 14 heavy (non-hydrogen) atoms. The molecule has 0 radical (unpaired) electrons. The predicted molar refractivity (Wildman–Crippen MR) is 60.6 cm³/mol. The Morgan fingerprint density at radius 1 is 1.50 bits per heavy atom. The van der Waals surface area contributed by atoms with E-state index < -0.39 is 0 Å². The Labute approximate surface area is 86.5 Å². The molecular weight excluding hydrogens is 174 g/mol. The number of anilines is 1. The van der Waals surface area contributed by atoms with Crippen LogP contribution in [0.2, 0.25) is 0 Å². The van der Waals surface area contributed by atoms with Crippen molar-refractivity contribution in [2.24, 2.45) is 5.41 Å². The van der Waals surface area contributed by atoms with Crippen molar-refractivity contribution in [3.63, 3.8) is 0 Å². The first-order valence-electron chi connectivity index (χ1n) is 5.23. The fraction of sp³-hybridized carbons (Fsp3) is 0.727. The van der Waals surface area contributed by atoms with Crippen LogP contribution in [0.5, 0.6) is 0 Å². The van der Waals surface area contributed by atoms with Crippen LogP contribution in [0, 0.1) is 5.41 Å². The molecular formula is C11H21N3. The molecule has 0 aliphatic heterocycles. The van der Waals surface area contributed by atoms with E-state index >= 15 is 0 Å². The van der Waals surface area contributed by atoms with E-state index in [2.05, 4.69) is 49.5 Å². The van der Waals surface area contributed by atoms with Crippen molar-refractivity contribution in [2.75, 3.05) is 11.9 Å². The smallest absolute Gasteiger partial charge is 0.203 e. The van der Waals surface area contributed by atoms with Gasteiger partial charge in [0.25, 0.3) is 0 Å². The lowest BCUT2D eigenvalue weighted by molar-refractivity contribution is 0.264. The van der Waals surface area contributed by atoms with Gasteiger partial charge in [0.05, 0.1) is 0 Å². The minimum Gasteiger partial charge on any atom is -0.356 e. The summed E-state index contributed by atoms with van der Waals surface area (Å²) in [6.45, 7) is 11.9. The topological polar surface area (TPSA) is 29.9 Å². The SMILES string of the molecule is CCNc1nccn1C(C)C(C)(C)C. The molecule has 80 valence electrons. The number of imidazole rings is 1. The summed E-state index contributed by atoms with van der Waals surface area (Å²) in [4.78, 5) is 4.29. The van der Waals surface area contributed by atoms with Gasteiger partial charge in [-0.15, -0.1) is 0 Å². The van der Waals surface area contributed by atoms with Gasteiger partial charge in [-0.3, -0.25) is 0 Å². The first-order valence-corrected chi connectivity index (χ1v) is 5.23. The zero-order chi connectivity index (χ0) is 10.8. The van der Waals surface area contributed by atoms with E-state index in [1.54, 1.807) is 0 Å². The molecule has 1 aromatic rings. The number of nitrogens with one attached hydrogen (secondary N) is 1. The van der Waals surface area contributed by atoms with Gasteiger partial charge >= 0.3 is 0 Å². The molecule has 0 aliphatic carbocycles. The van der Waals surface area contributed by atoms with Crippen molar-refractivity contribution in [2.45, 2.75) is 40.7 Å². The van der Waals surface area contributed by atoms with Crippen molar-refractivity contribution in [3.05, 3.63) is 12.4 Å². The summed E-state index contributed by atoms with van der Waals surface area (Å²) in [5.41, 5.74) is 0.255. The van der Waals surface area contributed by atoms with E-state index in [1.807, 2.05) is 12.4 Å². The molecule has 0 bridgehead atoms. The second kappa shape index (κ2) is 4.03. The van der Waals surface area contributed by atoms with Crippen molar-refractivity contribution >= 4 is 5.95 Å². The van der Waals surface area contributed by atoms with Gasteiger partial charge in [0.2, 0.25) is 5.95 Å². The van der Waals surface area contributed by atoms with Gasteiger partial charge in [-0.2, -0.15) is 0 Å². The van der Waals surface area contributed by atoms with Crippen LogP contribution in [-0.4, -0.2) is 16.1 Å². The average Bonchev–Trinajstić information content (AvgIpc) is 2.50. The minimum absolute atomic E-state index is 0.255. The maximum absolute atomic E-state index is 4.29. The maximum Gasteiger partial charge on any atom is 0.203 e. The Bertz CT molecular complexity index is 283. The fourth-order valence-electron chi connectivity index (χ4n) is 1.34. The van der Waals surface area contributed by atoms with Gasteiger partial charge in [0.15, 0.2) is 0 Å². The first kappa shape index (κ1) is 11.1. The average molecular weight is 195 g/mol. The third kappa shape index (κ3) is 2.28. The van der Waals surface area contributed by atoms with Gasteiger partial charge in [0, 0.05) is 25.0 Å². The lowest BCUT2D eigenvalue weighted by Crippen LogP contribution is -2.22. The van der Waals surface area contributed by atoms with Crippen LogP contribution in [-0.2, 0) is 0 Å². The van der Waals surface area contributed by atoms with Crippen molar-refractivity contribution in [1.82, 2.24) is 9.55 Å². The number of nitrogens with zero attached hydrogens (tertiary/aromatic N) is 2. The monoisotopic (exact) mass is 195 g/mol. The van der Waals surface area contributed by atoms with Crippen LogP contribution in [0.4, 0.5) is 5.95 Å². The van der Waals surface area contributed by atoms with E-state index in [4.69, 9.17) is 0 Å². The largest absolute Gasteiger partial charge is 0.356 e. The lowest BCUT2D eigenvalue weighted by atomic mass is 9.88. The van der Waals surface area contributed by atoms with E-state index in [0.29, 0.717) is 6.04 Å². The van der Waals surface area contributed by atoms with Crippen LogP contribution < -0.4 is 5.32 Å². The van der Waals surface area contributed by atoms with Crippen LogP contribution >= 0.6 is 0 Å². The third-order valence-corrected chi connectivity index (χ3v) is 2.67. The van der Waals surface area contributed by atoms with Crippen LogP contribution in [0.15, 0.2) is 12.4 Å². The number of hydrogen-bond acceptors (Lipinski definition) is 2. The Kier molecular flexibility index (Phi) is 3.19. The number of hydrogen-bond donors (Lipinski definition) is 1. The molecule has 0 saturated carbocycles. The molecule has 0 amide bonds. The summed E-state index contributed by atoms with van der Waals surface area (Å²) in [5, 5.41) is 3.26. The number of aromatic nitrogens is 2. The molecule has 3 heteroatoms. The van der Waals surface area contributed by atoms with Gasteiger partial charge < -0.3 is 9.88 Å². The Hall–Kier alpha value is -0.990. The normalized spacial score (nSPS) is 14.1. The molecule has 1 rings (SSSR count). The standard InChI is InChI=1S/C11H21N3/c1-6-12-10-13-7-8-14(10)9(2)11(3,4)5/h7-9H,6H2,1-5H3,(H,12,13). The molecule has 1 N–H and O–H groups in total. The molecule has 0 aromatic carbocycles. The van der Waals surface area contributed by atoms with Crippen LogP contribution in [0.1, 0.15) is 40.7 Å². The van der Waals surface area contributed by atoms with E-state index in [-0.39, 0.29) is 5.41 Å². The molecule has 3 nitrogen and oxygen atoms in total. The maximum atomic E-state index is 4.29. The highest BCUT2D eigenvalue weighted by atomic mass is 15.2. The van der Waals surface area contributed by atoms with Crippen molar-refractivity contribution in [1.29, 1.82) is 0 Å². The Morgan fingerprint density at radius 3 is 2.64 bits per heavy atom. The zero-order valence-corrected chi connectivity index (χ0v) is 9.83. The summed E-state index contributed by atoms with van der Waals surface area (Å²) < 4.78 is 2.20. The second-order valence-electron chi connectivity index (χ2n) is 4.73. The summed E-state index contributed by atoms with van der Waals surface area (Å²) in [6.07, 6.45) is 3.88. The van der Waals surface area contributed by atoms with Gasteiger partial charge in [-0.1, -0.05) is 20.8 Å². The highest BCUT2D eigenvalue weighted by Gasteiger charge is 2.23. The predicted octanol–water partition coefficient (Wildman–Crippen LogP) is 2.92. The number of rotatable bonds is 3. The van der Waals surface area contributed by atoms with Gasteiger partial charge in [-0.25, -0.2) is 4.98 Å². The molecule has 0 saturated heterocycles. The van der Waals surface area contributed by atoms with Crippen LogP contribution in [0.3, 0.4) is 0 Å². The molecule has 1 atom stereocenters. The summed E-state index contributed by atoms with van der Waals surface area (Å²) in [6, 6.07) is 0.444. The quantitative estimate of drug-likeness (QED) is 0.803. The minimum atomic E-state index is 0.255. The second-order valence-corrected chi connectivity index (χ2v) is 4.73. The highest BCUT2D eigenvalue weighted by Crippen LogP contribution is 2.31. The Morgan fingerprint density at radius 2 is 2.14 bits per heavy atom. The van der Waals surface area contributed by atoms with Crippen LogP contribution in [0.25, 0.3) is 0 Å². The Balaban J connectivity index is 2.89. The van der Waals surface area contributed by atoms with Gasteiger partial charge in [0.1, 0.15) is 0 Å². The van der Waals surface area contributed by atoms with Gasteiger partial charge in [-0.05, 0) is 19.3 Å². The summed E-state index contributed by atoms with van der Waals surface area (Å²) >= 11 is 0. The van der Waals surface area contributed by atoms with E-state index in [1.165, 1.54) is 0 Å². The summed E-state index contributed by atoms with van der Waals surface area (Å²) in [7, 11) is 0. The molecule has 0 aliphatic rings. The molecule has 0 spiro atoms. The van der Waals surface area contributed by atoms with E-state index in [0.717, 1.165) is 12.5 Å². The highest BCUT2D eigenvalue weighted by molar-refractivity contribution is 5.26. The van der Waals surface area contributed by atoms with Crippen molar-refractivity contribution < 1.29 is 0 Å². The lowest BCUT2D eigenvalue weighted by Gasteiger charge is -2.29. The zero-order valence-electron chi connectivity index (χ0n) is 9.83. The molecule has 1 aromatic heterocycles.